The summed E-state index contributed by atoms with van der Waals surface area (Å²) in [6, 6.07) is 0. The molecule has 0 bridgehead atoms. The van der Waals surface area contributed by atoms with Gasteiger partial charge in [-0.2, -0.15) is 18.3 Å². The lowest BCUT2D eigenvalue weighted by atomic mass is 10.1. The molecule has 0 atom stereocenters. The van der Waals surface area contributed by atoms with Gasteiger partial charge in [0.2, 0.25) is 0 Å². The Hall–Kier alpha value is -1.04. The van der Waals surface area contributed by atoms with Gasteiger partial charge in [0.15, 0.2) is 5.69 Å². The first kappa shape index (κ1) is 11.0. The van der Waals surface area contributed by atoms with E-state index < -0.39 is 11.9 Å². The number of aryl methyl sites for hydroxylation is 1. The molecule has 0 radical (unpaired) electrons. The van der Waals surface area contributed by atoms with Crippen LogP contribution in [0.15, 0.2) is 0 Å². The van der Waals surface area contributed by atoms with Gasteiger partial charge in [0.25, 0.3) is 0 Å². The van der Waals surface area contributed by atoms with E-state index in [1.807, 2.05) is 0 Å². The summed E-state index contributed by atoms with van der Waals surface area (Å²) in [5.41, 5.74) is 5.14. The Morgan fingerprint density at radius 3 is 2.43 bits per heavy atom. The molecule has 1 heterocycles. The Balaban J connectivity index is 3.22. The van der Waals surface area contributed by atoms with Gasteiger partial charge in [-0.1, -0.05) is 0 Å². The highest BCUT2D eigenvalue weighted by Crippen LogP contribution is 2.32. The van der Waals surface area contributed by atoms with Gasteiger partial charge in [-0.05, 0) is 19.9 Å². The molecule has 0 saturated heterocycles. The van der Waals surface area contributed by atoms with Crippen molar-refractivity contribution in [3.8, 4) is 0 Å². The van der Waals surface area contributed by atoms with Gasteiger partial charge < -0.3 is 5.73 Å². The average molecular weight is 207 g/mol. The number of hydrogen-bond donors (Lipinski definition) is 1. The summed E-state index contributed by atoms with van der Waals surface area (Å²) in [5, 5.41) is 3.44. The molecule has 0 saturated carbocycles. The standard InChI is InChI=1S/C8H12F3N3/c1-5-6(3-4-12)7(8(9,10)11)13-14(5)2/h3-4,12H2,1-2H3. The van der Waals surface area contributed by atoms with Gasteiger partial charge in [0.1, 0.15) is 0 Å². The maximum Gasteiger partial charge on any atom is 0.435 e. The van der Waals surface area contributed by atoms with Crippen LogP contribution in [0.25, 0.3) is 0 Å². The fourth-order valence-electron chi connectivity index (χ4n) is 1.32. The molecule has 3 nitrogen and oxygen atoms in total. The van der Waals surface area contributed by atoms with Crippen molar-refractivity contribution in [2.75, 3.05) is 6.54 Å². The monoisotopic (exact) mass is 207 g/mol. The molecular weight excluding hydrogens is 195 g/mol. The minimum Gasteiger partial charge on any atom is -0.330 e. The molecule has 0 fully saturated rings. The largest absolute Gasteiger partial charge is 0.435 e. The first-order valence-electron chi connectivity index (χ1n) is 4.17. The molecule has 0 aliphatic carbocycles. The molecule has 0 aromatic carbocycles. The normalized spacial score (nSPS) is 12.1. The van der Waals surface area contributed by atoms with Gasteiger partial charge >= 0.3 is 6.18 Å². The lowest BCUT2D eigenvalue weighted by Crippen LogP contribution is -2.12. The van der Waals surface area contributed by atoms with Crippen LogP contribution in [0.3, 0.4) is 0 Å². The predicted octanol–water partition coefficient (Wildman–Crippen LogP) is 1.25. The Kier molecular flexibility index (Phi) is 2.84. The number of alkyl halides is 3. The zero-order chi connectivity index (χ0) is 10.9. The maximum atomic E-state index is 12.4. The fraction of sp³-hybridized carbons (Fsp3) is 0.625. The number of aromatic nitrogens is 2. The van der Waals surface area contributed by atoms with Gasteiger partial charge in [-0.25, -0.2) is 0 Å². The van der Waals surface area contributed by atoms with Gasteiger partial charge in [-0.15, -0.1) is 0 Å². The van der Waals surface area contributed by atoms with Crippen molar-refractivity contribution in [3.05, 3.63) is 17.0 Å². The summed E-state index contributed by atoms with van der Waals surface area (Å²) in [7, 11) is 1.49. The topological polar surface area (TPSA) is 43.8 Å². The van der Waals surface area contributed by atoms with Crippen LogP contribution < -0.4 is 5.73 Å². The van der Waals surface area contributed by atoms with Crippen LogP contribution in [-0.4, -0.2) is 16.3 Å². The first-order valence-corrected chi connectivity index (χ1v) is 4.17. The molecule has 0 aliphatic heterocycles. The van der Waals surface area contributed by atoms with Crippen molar-refractivity contribution in [1.82, 2.24) is 9.78 Å². The molecule has 6 heteroatoms. The van der Waals surface area contributed by atoms with E-state index in [1.165, 1.54) is 11.7 Å². The van der Waals surface area contributed by atoms with E-state index in [9.17, 15) is 13.2 Å². The summed E-state index contributed by atoms with van der Waals surface area (Å²) >= 11 is 0. The second-order valence-corrected chi connectivity index (χ2v) is 3.07. The van der Waals surface area contributed by atoms with Gasteiger partial charge in [0, 0.05) is 18.3 Å². The zero-order valence-electron chi connectivity index (χ0n) is 8.02. The van der Waals surface area contributed by atoms with E-state index in [2.05, 4.69) is 5.10 Å². The average Bonchev–Trinajstić information content (AvgIpc) is 2.32. The zero-order valence-corrected chi connectivity index (χ0v) is 8.02. The van der Waals surface area contributed by atoms with E-state index >= 15 is 0 Å². The van der Waals surface area contributed by atoms with Crippen LogP contribution in [0.1, 0.15) is 17.0 Å². The highest BCUT2D eigenvalue weighted by Gasteiger charge is 2.37. The third-order valence-corrected chi connectivity index (χ3v) is 2.12. The summed E-state index contributed by atoms with van der Waals surface area (Å²) in [4.78, 5) is 0. The SMILES string of the molecule is Cc1c(CCN)c(C(F)(F)F)nn1C. The van der Waals surface area contributed by atoms with Crippen LogP contribution in [0, 0.1) is 6.92 Å². The second kappa shape index (κ2) is 3.61. The predicted molar refractivity (Wildman–Crippen MR) is 45.7 cm³/mol. The van der Waals surface area contributed by atoms with Crippen molar-refractivity contribution < 1.29 is 13.2 Å². The molecule has 0 aliphatic rings. The van der Waals surface area contributed by atoms with Gasteiger partial charge in [-0.3, -0.25) is 4.68 Å². The van der Waals surface area contributed by atoms with Crippen molar-refractivity contribution in [2.45, 2.75) is 19.5 Å². The molecular formula is C8H12F3N3. The van der Waals surface area contributed by atoms with E-state index in [0.717, 1.165) is 0 Å². The molecule has 2 N–H and O–H groups in total. The van der Waals surface area contributed by atoms with Gasteiger partial charge in [0.05, 0.1) is 0 Å². The Morgan fingerprint density at radius 1 is 1.43 bits per heavy atom. The number of rotatable bonds is 2. The molecule has 0 amide bonds. The number of nitrogens with two attached hydrogens (primary N) is 1. The van der Waals surface area contributed by atoms with Crippen LogP contribution in [0.4, 0.5) is 13.2 Å². The first-order chi connectivity index (χ1) is 6.38. The summed E-state index contributed by atoms with van der Waals surface area (Å²) in [5.74, 6) is 0. The maximum absolute atomic E-state index is 12.4. The van der Waals surface area contributed by atoms with Crippen LogP contribution >= 0.6 is 0 Å². The third-order valence-electron chi connectivity index (χ3n) is 2.12. The fourth-order valence-corrected chi connectivity index (χ4v) is 1.32. The Morgan fingerprint density at radius 2 is 2.00 bits per heavy atom. The number of halogens is 3. The van der Waals surface area contributed by atoms with E-state index in [1.54, 1.807) is 6.92 Å². The minimum absolute atomic E-state index is 0.190. The minimum atomic E-state index is -4.39. The molecule has 0 spiro atoms. The number of hydrogen-bond acceptors (Lipinski definition) is 2. The van der Waals surface area contributed by atoms with Crippen LogP contribution in [-0.2, 0) is 19.6 Å². The quantitative estimate of drug-likeness (QED) is 0.793. The molecule has 14 heavy (non-hydrogen) atoms. The lowest BCUT2D eigenvalue weighted by molar-refractivity contribution is -0.142. The smallest absolute Gasteiger partial charge is 0.330 e. The molecule has 1 rings (SSSR count). The van der Waals surface area contributed by atoms with E-state index in [4.69, 9.17) is 5.73 Å². The molecule has 1 aromatic heterocycles. The van der Waals surface area contributed by atoms with Crippen LogP contribution in [0.2, 0.25) is 0 Å². The summed E-state index contributed by atoms with van der Waals surface area (Å²) in [6.45, 7) is 1.79. The van der Waals surface area contributed by atoms with Crippen molar-refractivity contribution >= 4 is 0 Å². The van der Waals surface area contributed by atoms with Crippen molar-refractivity contribution in [3.63, 3.8) is 0 Å². The van der Waals surface area contributed by atoms with Crippen molar-refractivity contribution in [1.29, 1.82) is 0 Å². The number of nitrogens with zero attached hydrogens (tertiary/aromatic N) is 2. The highest BCUT2D eigenvalue weighted by atomic mass is 19.4. The molecule has 1 aromatic rings. The van der Waals surface area contributed by atoms with Crippen molar-refractivity contribution in [2.24, 2.45) is 12.8 Å². The highest BCUT2D eigenvalue weighted by molar-refractivity contribution is 5.27. The van der Waals surface area contributed by atoms with E-state index in [-0.39, 0.29) is 18.5 Å². The van der Waals surface area contributed by atoms with Crippen LogP contribution in [0.5, 0.6) is 0 Å². The molecule has 80 valence electrons. The molecule has 0 unspecified atom stereocenters. The lowest BCUT2D eigenvalue weighted by Gasteiger charge is -2.05. The second-order valence-electron chi connectivity index (χ2n) is 3.07. The Labute approximate surface area is 79.7 Å². The Bertz CT molecular complexity index is 327. The van der Waals surface area contributed by atoms with E-state index in [0.29, 0.717) is 5.69 Å². The third kappa shape index (κ3) is 1.89. The summed E-state index contributed by atoms with van der Waals surface area (Å²) in [6.07, 6.45) is -4.19. The summed E-state index contributed by atoms with van der Waals surface area (Å²) < 4.78 is 38.6.